The second-order valence-electron chi connectivity index (χ2n) is 4.73. The van der Waals surface area contributed by atoms with Crippen LogP contribution in [0.1, 0.15) is 38.2 Å². The Labute approximate surface area is 106 Å². The molecule has 1 unspecified atom stereocenters. The number of hydrogen-bond donors (Lipinski definition) is 1. The van der Waals surface area contributed by atoms with Crippen molar-refractivity contribution < 1.29 is 0 Å². The fraction of sp³-hybridized carbons (Fsp3) is 0.615. The van der Waals surface area contributed by atoms with Crippen molar-refractivity contribution in [1.29, 1.82) is 0 Å². The van der Waals surface area contributed by atoms with E-state index < -0.39 is 0 Å². The van der Waals surface area contributed by atoms with E-state index in [9.17, 15) is 0 Å². The third kappa shape index (κ3) is 3.29. The van der Waals surface area contributed by atoms with E-state index in [-0.39, 0.29) is 0 Å². The summed E-state index contributed by atoms with van der Waals surface area (Å²) in [5.74, 6) is 0.875. The lowest BCUT2D eigenvalue weighted by Gasteiger charge is -2.20. The van der Waals surface area contributed by atoms with Crippen molar-refractivity contribution in [1.82, 2.24) is 10.3 Å². The second kappa shape index (κ2) is 5.78. The molecule has 0 radical (unpaired) electrons. The van der Waals surface area contributed by atoms with Gasteiger partial charge in [0.05, 0.1) is 0 Å². The van der Waals surface area contributed by atoms with Gasteiger partial charge in [0.1, 0.15) is 0 Å². The highest BCUT2D eigenvalue weighted by molar-refractivity contribution is 9.10. The van der Waals surface area contributed by atoms with Gasteiger partial charge in [-0.2, -0.15) is 0 Å². The molecule has 88 valence electrons. The number of aromatic nitrogens is 1. The van der Waals surface area contributed by atoms with Gasteiger partial charge < -0.3 is 5.32 Å². The highest BCUT2D eigenvalue weighted by Gasteiger charge is 2.20. The monoisotopic (exact) mass is 282 g/mol. The maximum absolute atomic E-state index is 4.17. The molecule has 16 heavy (non-hydrogen) atoms. The summed E-state index contributed by atoms with van der Waals surface area (Å²) >= 11 is 3.45. The lowest BCUT2D eigenvalue weighted by molar-refractivity contribution is 0.380. The average Bonchev–Trinajstić information content (AvgIpc) is 2.79. The van der Waals surface area contributed by atoms with E-state index in [4.69, 9.17) is 0 Å². The highest BCUT2D eigenvalue weighted by Crippen LogP contribution is 2.27. The zero-order chi connectivity index (χ0) is 11.4. The van der Waals surface area contributed by atoms with Crippen LogP contribution in [0.3, 0.4) is 0 Å². The minimum absolute atomic E-state index is 0.626. The number of pyridine rings is 1. The molecule has 1 aliphatic rings. The third-order valence-electron chi connectivity index (χ3n) is 3.50. The van der Waals surface area contributed by atoms with Gasteiger partial charge in [-0.05, 0) is 53.2 Å². The van der Waals surface area contributed by atoms with Crippen LogP contribution in [-0.4, -0.2) is 11.0 Å². The number of nitrogens with one attached hydrogen (secondary N) is 1. The van der Waals surface area contributed by atoms with Gasteiger partial charge in [-0.25, -0.2) is 0 Å². The minimum Gasteiger partial charge on any atom is -0.310 e. The molecule has 0 aliphatic heterocycles. The molecule has 0 saturated heterocycles. The molecule has 1 heterocycles. The van der Waals surface area contributed by atoms with E-state index in [2.05, 4.69) is 39.2 Å². The van der Waals surface area contributed by atoms with Gasteiger partial charge in [-0.3, -0.25) is 4.98 Å². The van der Waals surface area contributed by atoms with Crippen LogP contribution >= 0.6 is 15.9 Å². The van der Waals surface area contributed by atoms with Crippen molar-refractivity contribution in [3.63, 3.8) is 0 Å². The lowest BCUT2D eigenvalue weighted by Crippen LogP contribution is -2.31. The van der Waals surface area contributed by atoms with Crippen molar-refractivity contribution in [2.45, 2.75) is 45.2 Å². The Balaban J connectivity index is 1.82. The highest BCUT2D eigenvalue weighted by atomic mass is 79.9. The van der Waals surface area contributed by atoms with Crippen molar-refractivity contribution in [3.05, 3.63) is 28.5 Å². The van der Waals surface area contributed by atoms with E-state index in [1.807, 2.05) is 12.4 Å². The molecule has 0 amide bonds. The van der Waals surface area contributed by atoms with Crippen molar-refractivity contribution >= 4 is 15.9 Å². The molecule has 1 aromatic rings. The third-order valence-corrected chi connectivity index (χ3v) is 3.93. The Bertz CT molecular complexity index is 334. The van der Waals surface area contributed by atoms with Gasteiger partial charge in [0.2, 0.25) is 0 Å². The largest absolute Gasteiger partial charge is 0.310 e. The predicted molar refractivity (Wildman–Crippen MR) is 70.2 cm³/mol. The zero-order valence-corrected chi connectivity index (χ0v) is 11.3. The summed E-state index contributed by atoms with van der Waals surface area (Å²) in [6.45, 7) is 3.23. The quantitative estimate of drug-likeness (QED) is 0.914. The summed E-state index contributed by atoms with van der Waals surface area (Å²) in [5.41, 5.74) is 1.25. The molecule has 0 bridgehead atoms. The number of nitrogens with zero attached hydrogens (tertiary/aromatic N) is 1. The Kier molecular flexibility index (Phi) is 4.36. The Morgan fingerprint density at radius 1 is 1.44 bits per heavy atom. The van der Waals surface area contributed by atoms with Crippen LogP contribution in [0.15, 0.2) is 22.9 Å². The molecule has 1 saturated carbocycles. The first-order valence-corrected chi connectivity index (χ1v) is 6.88. The molecule has 2 rings (SSSR count). The van der Waals surface area contributed by atoms with Crippen LogP contribution < -0.4 is 5.32 Å². The van der Waals surface area contributed by atoms with E-state index in [1.54, 1.807) is 0 Å². The number of hydrogen-bond acceptors (Lipinski definition) is 2. The molecule has 1 aromatic heterocycles. The number of rotatable bonds is 4. The molecule has 1 N–H and O–H groups in total. The molecular formula is C13H19BrN2. The maximum atomic E-state index is 4.17. The molecule has 0 aromatic carbocycles. The topological polar surface area (TPSA) is 24.9 Å². The summed E-state index contributed by atoms with van der Waals surface area (Å²) in [7, 11) is 0. The summed E-state index contributed by atoms with van der Waals surface area (Å²) in [6.07, 6.45) is 9.36. The van der Waals surface area contributed by atoms with E-state index in [1.165, 1.54) is 31.2 Å². The SMILES string of the molecule is CC(NCc1cncc(Br)c1)C1CCCC1. The van der Waals surface area contributed by atoms with Gasteiger partial charge in [0.15, 0.2) is 0 Å². The molecular weight excluding hydrogens is 264 g/mol. The van der Waals surface area contributed by atoms with Crippen molar-refractivity contribution in [3.8, 4) is 0 Å². The first kappa shape index (κ1) is 12.1. The van der Waals surface area contributed by atoms with Gasteiger partial charge in [0, 0.05) is 29.5 Å². The first-order chi connectivity index (χ1) is 7.75. The fourth-order valence-corrected chi connectivity index (χ4v) is 2.87. The Morgan fingerprint density at radius 3 is 2.88 bits per heavy atom. The standard InChI is InChI=1S/C13H19BrN2/c1-10(12-4-2-3-5-12)16-8-11-6-13(14)9-15-7-11/h6-7,9-10,12,16H,2-5,8H2,1H3. The van der Waals surface area contributed by atoms with Gasteiger partial charge in [0.25, 0.3) is 0 Å². The molecule has 2 nitrogen and oxygen atoms in total. The van der Waals surface area contributed by atoms with Crippen LogP contribution in [0.4, 0.5) is 0 Å². The average molecular weight is 283 g/mol. The van der Waals surface area contributed by atoms with Gasteiger partial charge in [-0.1, -0.05) is 12.8 Å². The van der Waals surface area contributed by atoms with Gasteiger partial charge in [-0.15, -0.1) is 0 Å². The number of halogens is 1. The van der Waals surface area contributed by atoms with Crippen LogP contribution in [-0.2, 0) is 6.54 Å². The molecule has 3 heteroatoms. The lowest BCUT2D eigenvalue weighted by atomic mass is 10.00. The molecule has 1 fully saturated rings. The second-order valence-corrected chi connectivity index (χ2v) is 5.64. The molecule has 1 atom stereocenters. The first-order valence-electron chi connectivity index (χ1n) is 6.08. The smallest absolute Gasteiger partial charge is 0.0410 e. The minimum atomic E-state index is 0.626. The van der Waals surface area contributed by atoms with Crippen molar-refractivity contribution in [2.75, 3.05) is 0 Å². The summed E-state index contributed by atoms with van der Waals surface area (Å²) in [5, 5.41) is 3.61. The van der Waals surface area contributed by atoms with Crippen LogP contribution in [0.2, 0.25) is 0 Å². The van der Waals surface area contributed by atoms with Gasteiger partial charge >= 0.3 is 0 Å². The summed E-state index contributed by atoms with van der Waals surface area (Å²) < 4.78 is 1.06. The van der Waals surface area contributed by atoms with Crippen molar-refractivity contribution in [2.24, 2.45) is 5.92 Å². The normalized spacial score (nSPS) is 18.9. The molecule has 1 aliphatic carbocycles. The summed E-state index contributed by atoms with van der Waals surface area (Å²) in [4.78, 5) is 4.17. The van der Waals surface area contributed by atoms with Crippen LogP contribution in [0, 0.1) is 5.92 Å². The Hall–Kier alpha value is -0.410. The van der Waals surface area contributed by atoms with Crippen LogP contribution in [0.25, 0.3) is 0 Å². The van der Waals surface area contributed by atoms with E-state index in [0.717, 1.165) is 16.9 Å². The Morgan fingerprint density at radius 2 is 2.19 bits per heavy atom. The van der Waals surface area contributed by atoms with E-state index >= 15 is 0 Å². The zero-order valence-electron chi connectivity index (χ0n) is 9.75. The fourth-order valence-electron chi connectivity index (χ4n) is 2.46. The maximum Gasteiger partial charge on any atom is 0.0410 e. The summed E-state index contributed by atoms with van der Waals surface area (Å²) in [6, 6.07) is 2.75. The predicted octanol–water partition coefficient (Wildman–Crippen LogP) is 3.51. The van der Waals surface area contributed by atoms with E-state index in [0.29, 0.717) is 6.04 Å². The van der Waals surface area contributed by atoms with Crippen LogP contribution in [0.5, 0.6) is 0 Å². The molecule has 0 spiro atoms.